The first-order valence-corrected chi connectivity index (χ1v) is 7.57. The Morgan fingerprint density at radius 1 is 1.05 bits per heavy atom. The second-order valence-electron chi connectivity index (χ2n) is 5.12. The van der Waals surface area contributed by atoms with Crippen LogP contribution >= 0.6 is 15.9 Å². The van der Waals surface area contributed by atoms with E-state index in [1.807, 2.05) is 57.2 Å². The summed E-state index contributed by atoms with van der Waals surface area (Å²) in [7, 11) is 0. The van der Waals surface area contributed by atoms with Crippen LogP contribution in [0, 0.1) is 20.8 Å². The molecule has 1 N–H and O–H groups in total. The molecule has 0 saturated heterocycles. The third-order valence-electron chi connectivity index (χ3n) is 3.30. The Hall–Kier alpha value is -1.87. The van der Waals surface area contributed by atoms with Crippen molar-refractivity contribution in [3.63, 3.8) is 0 Å². The van der Waals surface area contributed by atoms with Crippen molar-refractivity contribution >= 4 is 27.4 Å². The van der Waals surface area contributed by atoms with Crippen molar-refractivity contribution < 1.29 is 4.79 Å². The minimum atomic E-state index is 0.0116. The molecule has 0 aromatic heterocycles. The number of aryl methyl sites for hydroxylation is 3. The van der Waals surface area contributed by atoms with Crippen molar-refractivity contribution in [2.24, 2.45) is 0 Å². The van der Waals surface area contributed by atoms with Gasteiger partial charge >= 0.3 is 0 Å². The lowest BCUT2D eigenvalue weighted by atomic mass is 10.0. The maximum Gasteiger partial charge on any atom is 0.187 e. The summed E-state index contributed by atoms with van der Waals surface area (Å²) < 4.78 is 1.07. The molecule has 0 radical (unpaired) electrons. The number of carbonyl (C=O) groups excluding carboxylic acids is 1. The standard InChI is InChI=1S/C18H18BrNO/c1-12-4-5-13(2)16(10-12)18(21)8-9-20-15-6-7-17(19)14(3)11-15/h4-11,20H,1-3H3/b9-8+. The Bertz CT molecular complexity index is 704. The zero-order chi connectivity index (χ0) is 15.4. The van der Waals surface area contributed by atoms with Crippen molar-refractivity contribution in [1.29, 1.82) is 0 Å². The Morgan fingerprint density at radius 2 is 1.81 bits per heavy atom. The average Bonchev–Trinajstić information content (AvgIpc) is 2.45. The number of allylic oxidation sites excluding steroid dienone is 1. The molecule has 0 aliphatic carbocycles. The molecule has 0 bridgehead atoms. The van der Waals surface area contributed by atoms with E-state index >= 15 is 0 Å². The number of benzene rings is 2. The predicted molar refractivity (Wildman–Crippen MR) is 91.9 cm³/mol. The molecule has 0 unspecified atom stereocenters. The van der Waals surface area contributed by atoms with Gasteiger partial charge in [-0.15, -0.1) is 0 Å². The van der Waals surface area contributed by atoms with Gasteiger partial charge in [-0.3, -0.25) is 4.79 Å². The molecule has 2 aromatic rings. The molecule has 0 aliphatic heterocycles. The number of halogens is 1. The first-order valence-electron chi connectivity index (χ1n) is 6.78. The first-order chi connectivity index (χ1) is 9.97. The maximum atomic E-state index is 12.2. The van der Waals surface area contributed by atoms with E-state index in [1.54, 1.807) is 12.3 Å². The van der Waals surface area contributed by atoms with Crippen LogP contribution in [0.15, 0.2) is 53.1 Å². The number of ketones is 1. The van der Waals surface area contributed by atoms with Gasteiger partial charge in [0.1, 0.15) is 0 Å². The number of hydrogen-bond donors (Lipinski definition) is 1. The van der Waals surface area contributed by atoms with E-state index in [9.17, 15) is 4.79 Å². The van der Waals surface area contributed by atoms with Crippen molar-refractivity contribution in [3.8, 4) is 0 Å². The normalized spacial score (nSPS) is 10.9. The lowest BCUT2D eigenvalue weighted by Gasteiger charge is -2.05. The van der Waals surface area contributed by atoms with Gasteiger partial charge in [-0.25, -0.2) is 0 Å². The second kappa shape index (κ2) is 6.72. The first kappa shape index (κ1) is 15.5. The van der Waals surface area contributed by atoms with Crippen LogP contribution in [0.3, 0.4) is 0 Å². The molecule has 0 heterocycles. The molecule has 3 heteroatoms. The molecule has 2 rings (SSSR count). The molecule has 108 valence electrons. The lowest BCUT2D eigenvalue weighted by molar-refractivity contribution is 0.104. The van der Waals surface area contributed by atoms with Crippen LogP contribution in [0.2, 0.25) is 0 Å². The van der Waals surface area contributed by atoms with E-state index < -0.39 is 0 Å². The lowest BCUT2D eigenvalue weighted by Crippen LogP contribution is -2.00. The number of rotatable bonds is 4. The minimum absolute atomic E-state index is 0.0116. The van der Waals surface area contributed by atoms with Gasteiger partial charge in [0.05, 0.1) is 0 Å². The largest absolute Gasteiger partial charge is 0.362 e. The highest BCUT2D eigenvalue weighted by Gasteiger charge is 2.05. The van der Waals surface area contributed by atoms with Gasteiger partial charge in [0.15, 0.2) is 5.78 Å². The molecule has 0 saturated carbocycles. The van der Waals surface area contributed by atoms with Gasteiger partial charge in [0.25, 0.3) is 0 Å². The van der Waals surface area contributed by atoms with Crippen molar-refractivity contribution in [2.75, 3.05) is 5.32 Å². The van der Waals surface area contributed by atoms with Crippen molar-refractivity contribution in [1.82, 2.24) is 0 Å². The summed E-state index contributed by atoms with van der Waals surface area (Å²) in [5, 5.41) is 3.13. The highest BCUT2D eigenvalue weighted by Crippen LogP contribution is 2.20. The Kier molecular flexibility index (Phi) is 4.97. The zero-order valence-electron chi connectivity index (χ0n) is 12.4. The topological polar surface area (TPSA) is 29.1 Å². The highest BCUT2D eigenvalue weighted by atomic mass is 79.9. The van der Waals surface area contributed by atoms with Crippen molar-refractivity contribution in [2.45, 2.75) is 20.8 Å². The van der Waals surface area contributed by atoms with E-state index in [4.69, 9.17) is 0 Å². The third-order valence-corrected chi connectivity index (χ3v) is 4.19. The Labute approximate surface area is 134 Å². The Morgan fingerprint density at radius 3 is 2.52 bits per heavy atom. The minimum Gasteiger partial charge on any atom is -0.362 e. The van der Waals surface area contributed by atoms with E-state index in [0.29, 0.717) is 0 Å². The zero-order valence-corrected chi connectivity index (χ0v) is 14.0. The molecule has 0 atom stereocenters. The third kappa shape index (κ3) is 4.05. The van der Waals surface area contributed by atoms with Crippen LogP contribution in [-0.2, 0) is 0 Å². The fraction of sp³-hybridized carbons (Fsp3) is 0.167. The summed E-state index contributed by atoms with van der Waals surface area (Å²) in [6, 6.07) is 11.9. The molecular weight excluding hydrogens is 326 g/mol. The summed E-state index contributed by atoms with van der Waals surface area (Å²) >= 11 is 3.47. The highest BCUT2D eigenvalue weighted by molar-refractivity contribution is 9.10. The summed E-state index contributed by atoms with van der Waals surface area (Å²) in [4.78, 5) is 12.2. The molecule has 0 amide bonds. The van der Waals surface area contributed by atoms with Crippen LogP contribution in [0.4, 0.5) is 5.69 Å². The maximum absolute atomic E-state index is 12.2. The molecule has 0 spiro atoms. The van der Waals surface area contributed by atoms with E-state index in [2.05, 4.69) is 21.2 Å². The summed E-state index contributed by atoms with van der Waals surface area (Å²) in [5.41, 5.74) is 4.94. The molecular formula is C18H18BrNO. The van der Waals surface area contributed by atoms with Crippen LogP contribution in [0.5, 0.6) is 0 Å². The van der Waals surface area contributed by atoms with Crippen LogP contribution in [0.1, 0.15) is 27.0 Å². The smallest absolute Gasteiger partial charge is 0.187 e. The molecule has 0 aliphatic rings. The summed E-state index contributed by atoms with van der Waals surface area (Å²) in [6.07, 6.45) is 3.26. The van der Waals surface area contributed by atoms with Gasteiger partial charge in [-0.1, -0.05) is 33.6 Å². The van der Waals surface area contributed by atoms with Gasteiger partial charge in [0, 0.05) is 28.0 Å². The molecule has 0 fully saturated rings. The number of anilines is 1. The molecule has 21 heavy (non-hydrogen) atoms. The number of carbonyl (C=O) groups is 1. The van der Waals surface area contributed by atoms with Gasteiger partial charge in [-0.05, 0) is 56.2 Å². The quantitative estimate of drug-likeness (QED) is 0.611. The van der Waals surface area contributed by atoms with E-state index in [1.165, 1.54) is 0 Å². The average molecular weight is 344 g/mol. The fourth-order valence-electron chi connectivity index (χ4n) is 2.04. The predicted octanol–water partition coefficient (Wildman–Crippen LogP) is 5.18. The SMILES string of the molecule is Cc1ccc(C)c(C(=O)/C=C/Nc2ccc(Br)c(C)c2)c1. The summed E-state index contributed by atoms with van der Waals surface area (Å²) in [5.74, 6) is 0.0116. The Balaban J connectivity index is 2.08. The fourth-order valence-corrected chi connectivity index (χ4v) is 2.29. The van der Waals surface area contributed by atoms with Gasteiger partial charge in [0.2, 0.25) is 0 Å². The molecule has 2 aromatic carbocycles. The number of hydrogen-bond acceptors (Lipinski definition) is 2. The van der Waals surface area contributed by atoms with Gasteiger partial charge in [-0.2, -0.15) is 0 Å². The van der Waals surface area contributed by atoms with Gasteiger partial charge < -0.3 is 5.32 Å². The van der Waals surface area contributed by atoms with Crippen molar-refractivity contribution in [3.05, 3.63) is 75.4 Å². The van der Waals surface area contributed by atoms with E-state index in [-0.39, 0.29) is 5.78 Å². The summed E-state index contributed by atoms with van der Waals surface area (Å²) in [6.45, 7) is 5.97. The monoisotopic (exact) mass is 343 g/mol. The second-order valence-corrected chi connectivity index (χ2v) is 5.98. The van der Waals surface area contributed by atoms with Crippen LogP contribution in [-0.4, -0.2) is 5.78 Å². The van der Waals surface area contributed by atoms with Crippen LogP contribution in [0.25, 0.3) is 0 Å². The molecule has 2 nitrogen and oxygen atoms in total. The van der Waals surface area contributed by atoms with E-state index in [0.717, 1.165) is 32.4 Å². The van der Waals surface area contributed by atoms with Crippen LogP contribution < -0.4 is 5.32 Å². The number of nitrogens with one attached hydrogen (secondary N) is 1.